The molecule has 0 bridgehead atoms. The van der Waals surface area contributed by atoms with Crippen molar-refractivity contribution in [2.45, 2.75) is 92.6 Å². The first-order valence-electron chi connectivity index (χ1n) is 14.9. The standard InChI is InChI=1S/C11H14O.C11H12O.C11H12.C4H8O.Al.Li.H/c2*1-7-3-4-8(2)11-9(7)5-6-10(11)12;1-8-6-7-9(2)11-5-3-4-10(8)11;1-2-4-5-3-1;;;/h3-4,10,12H,5-6H2,1-2H3;3-4H,5-6H2,1-2H3;3-4,6-7H,5H2,1-2H3;1-4H2;;;/q;;;;;+1;-1. The number of benzene rings is 3. The number of carbonyl (C=O) groups is 1. The molecule has 1 saturated heterocycles. The average Bonchev–Trinajstić information content (AvgIpc) is 3.75. The molecule has 0 amide bonds. The molecule has 1 aliphatic heterocycles. The van der Waals surface area contributed by atoms with Crippen LogP contribution in [0.5, 0.6) is 0 Å². The molecular formula is C37H47AlLiO3. The quantitative estimate of drug-likeness (QED) is 0.380. The van der Waals surface area contributed by atoms with Crippen LogP contribution in [0.3, 0.4) is 0 Å². The zero-order valence-electron chi connectivity index (χ0n) is 27.9. The van der Waals surface area contributed by atoms with Crippen molar-refractivity contribution in [3.63, 3.8) is 0 Å². The van der Waals surface area contributed by atoms with Crippen molar-refractivity contribution in [3.8, 4) is 0 Å². The van der Waals surface area contributed by atoms with Crippen molar-refractivity contribution in [3.05, 3.63) is 109 Å². The normalized spacial score (nSPS) is 16.7. The molecule has 4 aliphatic rings. The molecule has 1 heterocycles. The Bertz CT molecular complexity index is 1400. The fraction of sp³-hybridized carbons (Fsp3) is 0.432. The first-order valence-corrected chi connectivity index (χ1v) is 14.9. The van der Waals surface area contributed by atoms with Gasteiger partial charge in [-0.3, -0.25) is 4.79 Å². The summed E-state index contributed by atoms with van der Waals surface area (Å²) in [4.78, 5) is 11.4. The van der Waals surface area contributed by atoms with Crippen LogP contribution in [-0.2, 0) is 24.0 Å². The van der Waals surface area contributed by atoms with E-state index in [1.807, 2.05) is 13.0 Å². The van der Waals surface area contributed by atoms with Gasteiger partial charge in [0.05, 0.1) is 6.10 Å². The number of aliphatic hydroxyl groups is 1. The van der Waals surface area contributed by atoms with Crippen LogP contribution in [0.4, 0.5) is 0 Å². The molecule has 3 aliphatic carbocycles. The summed E-state index contributed by atoms with van der Waals surface area (Å²) in [5.74, 6) is 0.325. The van der Waals surface area contributed by atoms with Gasteiger partial charge < -0.3 is 11.3 Å². The molecule has 0 spiro atoms. The Morgan fingerprint density at radius 3 is 1.81 bits per heavy atom. The molecule has 1 unspecified atom stereocenters. The average molecular weight is 574 g/mol. The molecule has 0 saturated carbocycles. The largest absolute Gasteiger partial charge is 1.00 e. The number of ether oxygens (including phenoxy) is 1. The Morgan fingerprint density at radius 2 is 1.26 bits per heavy atom. The zero-order chi connectivity index (χ0) is 28.8. The number of carbonyl (C=O) groups excluding carboxylic acids is 1. The van der Waals surface area contributed by atoms with Gasteiger partial charge in [0.25, 0.3) is 0 Å². The molecule has 3 aromatic carbocycles. The molecule has 5 heteroatoms. The molecule has 3 aromatic rings. The summed E-state index contributed by atoms with van der Waals surface area (Å²) >= 11 is 0. The first-order chi connectivity index (χ1) is 19.2. The SMILES string of the molecule is C1CCOC1.Cc1ccc(C)c2c1C=CC2.Cc1ccc(C)c2c1CCC2=O.Cc1ccc(C)c2c1CCC2O.[Al].[H-].[Li+]. The van der Waals surface area contributed by atoms with Crippen LogP contribution in [-0.4, -0.2) is 41.5 Å². The number of aliphatic hydroxyl groups excluding tert-OH is 1. The van der Waals surface area contributed by atoms with Gasteiger partial charge in [0, 0.05) is 42.6 Å². The van der Waals surface area contributed by atoms with Crippen molar-refractivity contribution < 1.29 is 34.9 Å². The van der Waals surface area contributed by atoms with Gasteiger partial charge in [-0.05, 0) is 141 Å². The van der Waals surface area contributed by atoms with Crippen molar-refractivity contribution in [2.24, 2.45) is 0 Å². The maximum absolute atomic E-state index is 11.4. The van der Waals surface area contributed by atoms with E-state index >= 15 is 0 Å². The van der Waals surface area contributed by atoms with E-state index in [2.05, 4.69) is 77.1 Å². The van der Waals surface area contributed by atoms with Gasteiger partial charge in [-0.25, -0.2) is 0 Å². The summed E-state index contributed by atoms with van der Waals surface area (Å²) in [6.45, 7) is 14.7. The van der Waals surface area contributed by atoms with Crippen molar-refractivity contribution in [2.75, 3.05) is 13.2 Å². The van der Waals surface area contributed by atoms with E-state index < -0.39 is 0 Å². The van der Waals surface area contributed by atoms with Gasteiger partial charge in [0.15, 0.2) is 5.78 Å². The smallest absolute Gasteiger partial charge is 1.00 e. The summed E-state index contributed by atoms with van der Waals surface area (Å²) < 4.78 is 4.94. The number of ketones is 1. The number of allylic oxidation sites excluding steroid dienone is 1. The minimum absolute atomic E-state index is 0. The molecule has 42 heavy (non-hydrogen) atoms. The number of rotatable bonds is 0. The van der Waals surface area contributed by atoms with Crippen molar-refractivity contribution in [1.29, 1.82) is 0 Å². The van der Waals surface area contributed by atoms with E-state index in [1.54, 1.807) is 0 Å². The number of hydrogen-bond donors (Lipinski definition) is 1. The Labute approximate surface area is 278 Å². The number of Topliss-reactive ketones (excluding diaryl/α,β-unsaturated/α-hetero) is 1. The number of aryl methyl sites for hydroxylation is 6. The molecule has 1 atom stereocenters. The third-order valence-electron chi connectivity index (χ3n) is 8.69. The molecule has 3 nitrogen and oxygen atoms in total. The van der Waals surface area contributed by atoms with Crippen molar-refractivity contribution in [1.82, 2.24) is 0 Å². The monoisotopic (exact) mass is 573 g/mol. The van der Waals surface area contributed by atoms with E-state index in [4.69, 9.17) is 4.74 Å². The van der Waals surface area contributed by atoms with E-state index in [0.29, 0.717) is 12.2 Å². The Morgan fingerprint density at radius 1 is 0.714 bits per heavy atom. The van der Waals surface area contributed by atoms with Crippen LogP contribution in [0.25, 0.3) is 6.08 Å². The van der Waals surface area contributed by atoms with Crippen LogP contribution in [0.15, 0.2) is 42.5 Å². The summed E-state index contributed by atoms with van der Waals surface area (Å²) in [7, 11) is 0. The maximum Gasteiger partial charge on any atom is 1.00 e. The second-order valence-electron chi connectivity index (χ2n) is 11.6. The Balaban J connectivity index is 0.000000289. The van der Waals surface area contributed by atoms with E-state index in [1.165, 1.54) is 68.5 Å². The van der Waals surface area contributed by atoms with E-state index in [0.717, 1.165) is 50.0 Å². The van der Waals surface area contributed by atoms with Gasteiger partial charge in [-0.2, -0.15) is 0 Å². The minimum Gasteiger partial charge on any atom is -1.00 e. The predicted octanol–water partition coefficient (Wildman–Crippen LogP) is 5.12. The first kappa shape index (κ1) is 36.3. The molecule has 7 rings (SSSR count). The van der Waals surface area contributed by atoms with Crippen LogP contribution in [0.1, 0.15) is 105 Å². The molecular weight excluding hydrogens is 526 g/mol. The predicted molar refractivity (Wildman–Crippen MR) is 173 cm³/mol. The molecule has 217 valence electrons. The second-order valence-corrected chi connectivity index (χ2v) is 11.6. The number of fused-ring (bicyclic) bond motifs is 3. The van der Waals surface area contributed by atoms with Crippen LogP contribution >= 0.6 is 0 Å². The van der Waals surface area contributed by atoms with Gasteiger partial charge >= 0.3 is 18.9 Å². The Hall–Kier alpha value is -1.88. The third-order valence-corrected chi connectivity index (χ3v) is 8.69. The van der Waals surface area contributed by atoms with Crippen LogP contribution in [0, 0.1) is 41.5 Å². The maximum atomic E-state index is 11.4. The third kappa shape index (κ3) is 8.61. The van der Waals surface area contributed by atoms with Crippen LogP contribution < -0.4 is 18.9 Å². The van der Waals surface area contributed by atoms with Crippen molar-refractivity contribution >= 4 is 29.2 Å². The van der Waals surface area contributed by atoms with Gasteiger partial charge in [0.1, 0.15) is 0 Å². The van der Waals surface area contributed by atoms with Gasteiger partial charge in [-0.1, -0.05) is 48.6 Å². The topological polar surface area (TPSA) is 46.5 Å². The molecule has 0 aromatic heterocycles. The van der Waals surface area contributed by atoms with E-state index in [-0.39, 0.29) is 43.8 Å². The summed E-state index contributed by atoms with van der Waals surface area (Å²) in [5, 5.41) is 9.69. The van der Waals surface area contributed by atoms with Crippen LogP contribution in [0.2, 0.25) is 0 Å². The second kappa shape index (κ2) is 16.8. The summed E-state index contributed by atoms with van der Waals surface area (Å²) in [5.41, 5.74) is 15.6. The minimum atomic E-state index is -0.208. The van der Waals surface area contributed by atoms with Gasteiger partial charge in [-0.15, -0.1) is 0 Å². The molecule has 1 N–H and O–H groups in total. The summed E-state index contributed by atoms with van der Waals surface area (Å²) in [6, 6.07) is 12.8. The summed E-state index contributed by atoms with van der Waals surface area (Å²) in [6.07, 6.45) is 11.6. The molecule has 3 radical (unpaired) electrons. The fourth-order valence-electron chi connectivity index (χ4n) is 6.25. The van der Waals surface area contributed by atoms with E-state index in [9.17, 15) is 9.90 Å². The zero-order valence-corrected chi connectivity index (χ0v) is 28.1. The van der Waals surface area contributed by atoms with Gasteiger partial charge in [0.2, 0.25) is 0 Å². The fourth-order valence-corrected chi connectivity index (χ4v) is 6.25. The molecule has 1 fully saturated rings. The Kier molecular flexibility index (Phi) is 14.5. The number of hydrogen-bond acceptors (Lipinski definition) is 3.